The molecule has 0 aromatic carbocycles. The summed E-state index contributed by atoms with van der Waals surface area (Å²) in [5.74, 6) is 0.610. The molecule has 0 atom stereocenters. The molecule has 0 unspecified atom stereocenters. The normalized spacial score (nSPS) is 10.4. The molecule has 12 heavy (non-hydrogen) atoms. The van der Waals surface area contributed by atoms with Crippen LogP contribution in [-0.4, -0.2) is 15.0 Å². The van der Waals surface area contributed by atoms with Gasteiger partial charge in [0.05, 0.1) is 0 Å². The Morgan fingerprint density at radius 3 is 3.17 bits per heavy atom. The van der Waals surface area contributed by atoms with Gasteiger partial charge in [-0.25, -0.2) is 9.97 Å². The van der Waals surface area contributed by atoms with E-state index in [1.54, 1.807) is 25.4 Å². The van der Waals surface area contributed by atoms with E-state index in [-0.39, 0.29) is 5.56 Å². The third kappa shape index (κ3) is 0.972. The Bertz CT molecular complexity index is 475. The van der Waals surface area contributed by atoms with Crippen molar-refractivity contribution >= 4 is 10.9 Å². The van der Waals surface area contributed by atoms with E-state index in [1.165, 1.54) is 0 Å². The fourth-order valence-electron chi connectivity index (χ4n) is 1.06. The van der Waals surface area contributed by atoms with Crippen molar-refractivity contribution in [2.45, 2.75) is 6.92 Å². The summed E-state index contributed by atoms with van der Waals surface area (Å²) in [6.07, 6.45) is 3.23. The van der Waals surface area contributed by atoms with Gasteiger partial charge >= 0.3 is 0 Å². The van der Waals surface area contributed by atoms with Crippen molar-refractivity contribution in [3.8, 4) is 0 Å². The molecular formula is C8H7N3O. The van der Waals surface area contributed by atoms with Crippen LogP contribution >= 0.6 is 0 Å². The highest BCUT2D eigenvalue weighted by atomic mass is 16.1. The molecule has 0 bridgehead atoms. The molecule has 0 saturated heterocycles. The summed E-state index contributed by atoms with van der Waals surface area (Å²) in [6, 6.07) is 1.77. The van der Waals surface area contributed by atoms with Gasteiger partial charge in [0, 0.05) is 17.8 Å². The van der Waals surface area contributed by atoms with Gasteiger partial charge in [-0.2, -0.15) is 0 Å². The molecule has 2 aromatic heterocycles. The Kier molecular flexibility index (Phi) is 1.40. The van der Waals surface area contributed by atoms with Crippen LogP contribution in [0, 0.1) is 6.92 Å². The first-order valence-corrected chi connectivity index (χ1v) is 3.58. The van der Waals surface area contributed by atoms with Crippen LogP contribution in [0.15, 0.2) is 23.3 Å². The molecule has 0 amide bonds. The van der Waals surface area contributed by atoms with E-state index in [9.17, 15) is 4.79 Å². The molecule has 0 aliphatic rings. The monoisotopic (exact) mass is 161 g/mol. The third-order valence-electron chi connectivity index (χ3n) is 1.63. The molecule has 4 nitrogen and oxygen atoms in total. The van der Waals surface area contributed by atoms with Gasteiger partial charge in [0.1, 0.15) is 11.3 Å². The van der Waals surface area contributed by atoms with Crippen LogP contribution in [0.25, 0.3) is 10.9 Å². The molecule has 2 heterocycles. The van der Waals surface area contributed by atoms with Crippen LogP contribution in [-0.2, 0) is 0 Å². The van der Waals surface area contributed by atoms with Crippen molar-refractivity contribution in [3.63, 3.8) is 0 Å². The summed E-state index contributed by atoms with van der Waals surface area (Å²) in [5, 5.41) is 0.768. The maximum absolute atomic E-state index is 11.2. The number of fused-ring (bicyclic) bond motifs is 1. The number of pyridine rings is 1. The SMILES string of the molecule is Cc1ncc2cc[nH]c(=O)c2n1. The second-order valence-electron chi connectivity index (χ2n) is 2.53. The molecule has 0 spiro atoms. The third-order valence-corrected chi connectivity index (χ3v) is 1.63. The predicted molar refractivity (Wildman–Crippen MR) is 44.9 cm³/mol. The lowest BCUT2D eigenvalue weighted by atomic mass is 10.3. The number of nitrogens with one attached hydrogen (secondary N) is 1. The van der Waals surface area contributed by atoms with Gasteiger partial charge in [-0.15, -0.1) is 0 Å². The standard InChI is InChI=1S/C8H7N3O/c1-5-10-4-6-2-3-9-8(12)7(6)11-5/h2-4H,1H3,(H,9,12). The van der Waals surface area contributed by atoms with Crippen LogP contribution in [0.4, 0.5) is 0 Å². The molecule has 2 rings (SSSR count). The zero-order valence-corrected chi connectivity index (χ0v) is 6.53. The predicted octanol–water partition coefficient (Wildman–Crippen LogP) is 0.627. The Morgan fingerprint density at radius 2 is 2.33 bits per heavy atom. The van der Waals surface area contributed by atoms with Crippen LogP contribution in [0.5, 0.6) is 0 Å². The topological polar surface area (TPSA) is 58.6 Å². The molecule has 0 aliphatic heterocycles. The van der Waals surface area contributed by atoms with Gasteiger partial charge < -0.3 is 4.98 Å². The lowest BCUT2D eigenvalue weighted by Gasteiger charge is -1.94. The number of hydrogen-bond acceptors (Lipinski definition) is 3. The lowest BCUT2D eigenvalue weighted by Crippen LogP contribution is -2.07. The first-order valence-electron chi connectivity index (χ1n) is 3.58. The summed E-state index contributed by atoms with van der Waals surface area (Å²) >= 11 is 0. The summed E-state index contributed by atoms with van der Waals surface area (Å²) in [5.41, 5.74) is 0.281. The number of H-pyrrole nitrogens is 1. The van der Waals surface area contributed by atoms with Gasteiger partial charge in [-0.05, 0) is 13.0 Å². The van der Waals surface area contributed by atoms with E-state index < -0.39 is 0 Å². The zero-order chi connectivity index (χ0) is 8.55. The van der Waals surface area contributed by atoms with Crippen LogP contribution in [0.3, 0.4) is 0 Å². The van der Waals surface area contributed by atoms with E-state index in [2.05, 4.69) is 15.0 Å². The molecule has 2 aromatic rings. The molecular weight excluding hydrogens is 154 g/mol. The molecule has 60 valence electrons. The molecule has 4 heteroatoms. The van der Waals surface area contributed by atoms with E-state index in [0.717, 1.165) is 5.39 Å². The minimum atomic E-state index is -0.169. The molecule has 0 aliphatic carbocycles. The first-order chi connectivity index (χ1) is 5.77. The fraction of sp³-hybridized carbons (Fsp3) is 0.125. The first kappa shape index (κ1) is 6.97. The smallest absolute Gasteiger partial charge is 0.274 e. The summed E-state index contributed by atoms with van der Waals surface area (Å²) < 4.78 is 0. The van der Waals surface area contributed by atoms with Gasteiger partial charge in [0.15, 0.2) is 0 Å². The van der Waals surface area contributed by atoms with Crippen molar-refractivity contribution in [1.29, 1.82) is 0 Å². The van der Waals surface area contributed by atoms with Crippen LogP contribution in [0.2, 0.25) is 0 Å². The van der Waals surface area contributed by atoms with E-state index in [4.69, 9.17) is 0 Å². The fourth-order valence-corrected chi connectivity index (χ4v) is 1.06. The number of rotatable bonds is 0. The average Bonchev–Trinajstić information content (AvgIpc) is 2.07. The van der Waals surface area contributed by atoms with Crippen molar-refractivity contribution < 1.29 is 0 Å². The highest BCUT2D eigenvalue weighted by Crippen LogP contribution is 2.02. The van der Waals surface area contributed by atoms with Gasteiger partial charge in [0.2, 0.25) is 0 Å². The van der Waals surface area contributed by atoms with Crippen LogP contribution < -0.4 is 5.56 Å². The lowest BCUT2D eigenvalue weighted by molar-refractivity contribution is 1.08. The maximum atomic E-state index is 11.2. The molecule has 1 N–H and O–H groups in total. The number of aromatic nitrogens is 3. The van der Waals surface area contributed by atoms with Crippen molar-refractivity contribution in [3.05, 3.63) is 34.6 Å². The zero-order valence-electron chi connectivity index (χ0n) is 6.53. The quantitative estimate of drug-likeness (QED) is 0.616. The molecule has 0 fully saturated rings. The number of nitrogens with zero attached hydrogens (tertiary/aromatic N) is 2. The molecule has 0 radical (unpaired) electrons. The Balaban J connectivity index is 2.98. The Labute approximate surface area is 68.3 Å². The maximum Gasteiger partial charge on any atom is 0.274 e. The summed E-state index contributed by atoms with van der Waals surface area (Å²) in [7, 11) is 0. The van der Waals surface area contributed by atoms with Crippen molar-refractivity contribution in [2.75, 3.05) is 0 Å². The highest BCUT2D eigenvalue weighted by molar-refractivity contribution is 5.75. The van der Waals surface area contributed by atoms with Gasteiger partial charge in [0.25, 0.3) is 5.56 Å². The average molecular weight is 161 g/mol. The van der Waals surface area contributed by atoms with E-state index >= 15 is 0 Å². The highest BCUT2D eigenvalue weighted by Gasteiger charge is 1.98. The minimum Gasteiger partial charge on any atom is -0.327 e. The van der Waals surface area contributed by atoms with Gasteiger partial charge in [-0.3, -0.25) is 4.79 Å². The number of aromatic amines is 1. The van der Waals surface area contributed by atoms with Crippen molar-refractivity contribution in [1.82, 2.24) is 15.0 Å². The largest absolute Gasteiger partial charge is 0.327 e. The molecule has 0 saturated carbocycles. The number of aryl methyl sites for hydroxylation is 1. The summed E-state index contributed by atoms with van der Waals surface area (Å²) in [4.78, 5) is 21.7. The second kappa shape index (κ2) is 2.41. The Hall–Kier alpha value is -1.71. The Morgan fingerprint density at radius 1 is 1.50 bits per heavy atom. The number of hydrogen-bond donors (Lipinski definition) is 1. The second-order valence-corrected chi connectivity index (χ2v) is 2.53. The van der Waals surface area contributed by atoms with Crippen LogP contribution in [0.1, 0.15) is 5.82 Å². The van der Waals surface area contributed by atoms with E-state index in [0.29, 0.717) is 11.3 Å². The summed E-state index contributed by atoms with van der Waals surface area (Å²) in [6.45, 7) is 1.76. The minimum absolute atomic E-state index is 0.169. The van der Waals surface area contributed by atoms with Crippen molar-refractivity contribution in [2.24, 2.45) is 0 Å². The van der Waals surface area contributed by atoms with Gasteiger partial charge in [-0.1, -0.05) is 0 Å². The van der Waals surface area contributed by atoms with E-state index in [1.807, 2.05) is 0 Å².